The van der Waals surface area contributed by atoms with Gasteiger partial charge in [-0.15, -0.1) is 23.5 Å². The number of benzene rings is 2. The van der Waals surface area contributed by atoms with Crippen molar-refractivity contribution in [3.05, 3.63) is 59.1 Å². The first-order valence-corrected chi connectivity index (χ1v) is 8.28. The van der Waals surface area contributed by atoms with Crippen LogP contribution in [0.3, 0.4) is 0 Å². The van der Waals surface area contributed by atoms with Crippen LogP contribution in [0.5, 0.6) is 0 Å². The monoisotopic (exact) mass is 292 g/mol. The van der Waals surface area contributed by atoms with Gasteiger partial charge >= 0.3 is 0 Å². The van der Waals surface area contributed by atoms with E-state index in [-0.39, 0.29) is 0 Å². The van der Waals surface area contributed by atoms with Gasteiger partial charge < -0.3 is 0 Å². The Balaban J connectivity index is 1.69. The number of hydrogen-bond donors (Lipinski definition) is 0. The highest BCUT2D eigenvalue weighted by Crippen LogP contribution is 2.41. The van der Waals surface area contributed by atoms with Crippen LogP contribution in [-0.4, -0.2) is 11.5 Å². The van der Waals surface area contributed by atoms with E-state index in [1.54, 1.807) is 0 Å². The van der Waals surface area contributed by atoms with Gasteiger partial charge in [0.15, 0.2) is 0 Å². The molecule has 0 radical (unpaired) electrons. The minimum absolute atomic E-state index is 0.662. The molecular formula is C15H13ClS2. The van der Waals surface area contributed by atoms with E-state index < -0.39 is 0 Å². The van der Waals surface area contributed by atoms with E-state index in [4.69, 9.17) is 11.6 Å². The van der Waals surface area contributed by atoms with Gasteiger partial charge in [0.25, 0.3) is 0 Å². The molecule has 2 aromatic rings. The zero-order valence-electron chi connectivity index (χ0n) is 9.80. The van der Waals surface area contributed by atoms with Gasteiger partial charge in [-0.25, -0.2) is 0 Å². The Labute approximate surface area is 121 Å². The summed E-state index contributed by atoms with van der Waals surface area (Å²) in [6, 6.07) is 16.9. The fraction of sp³-hybridized carbons (Fsp3) is 0.200. The molecule has 1 atom stereocenters. The van der Waals surface area contributed by atoms with Crippen LogP contribution in [0.15, 0.2) is 58.3 Å². The first kappa shape index (κ1) is 12.5. The van der Waals surface area contributed by atoms with Crippen LogP contribution in [0.1, 0.15) is 11.5 Å². The lowest BCUT2D eigenvalue weighted by molar-refractivity contribution is 0.896. The van der Waals surface area contributed by atoms with E-state index in [2.05, 4.69) is 30.3 Å². The summed E-state index contributed by atoms with van der Waals surface area (Å²) in [5.41, 5.74) is 1.51. The van der Waals surface area contributed by atoms with Crippen LogP contribution in [0.2, 0.25) is 5.02 Å². The van der Waals surface area contributed by atoms with Crippen LogP contribution in [0.4, 0.5) is 0 Å². The second-order valence-corrected chi connectivity index (χ2v) is 6.91. The fourth-order valence-electron chi connectivity index (χ4n) is 2.12. The van der Waals surface area contributed by atoms with E-state index in [1.807, 2.05) is 41.7 Å². The third-order valence-corrected chi connectivity index (χ3v) is 5.69. The molecule has 0 saturated carbocycles. The highest BCUT2D eigenvalue weighted by molar-refractivity contribution is 8.00. The van der Waals surface area contributed by atoms with Crippen molar-refractivity contribution in [2.45, 2.75) is 15.7 Å². The molecule has 1 heterocycles. The number of rotatable bonds is 3. The maximum absolute atomic E-state index is 6.00. The lowest BCUT2D eigenvalue weighted by Crippen LogP contribution is -1.99. The summed E-state index contributed by atoms with van der Waals surface area (Å²) >= 11 is 9.88. The predicted molar refractivity (Wildman–Crippen MR) is 82.1 cm³/mol. The van der Waals surface area contributed by atoms with Crippen molar-refractivity contribution in [3.8, 4) is 0 Å². The van der Waals surface area contributed by atoms with Crippen molar-refractivity contribution in [2.75, 3.05) is 11.5 Å². The molecule has 0 fully saturated rings. The first-order chi connectivity index (χ1) is 8.83. The number of thioether (sulfide) groups is 2. The van der Waals surface area contributed by atoms with Crippen molar-refractivity contribution in [1.29, 1.82) is 0 Å². The number of halogens is 1. The molecule has 3 rings (SSSR count). The molecule has 0 aliphatic carbocycles. The highest BCUT2D eigenvalue weighted by atomic mass is 35.5. The molecule has 2 aromatic carbocycles. The maximum Gasteiger partial charge on any atom is 0.0417 e. The standard InChI is InChI=1S/C15H13ClS2/c16-12-4-3-5-13(8-12)17-9-11-10-18-15-7-2-1-6-14(11)15/h1-8,11H,9-10H2. The van der Waals surface area contributed by atoms with Crippen LogP contribution in [-0.2, 0) is 0 Å². The topological polar surface area (TPSA) is 0 Å². The van der Waals surface area contributed by atoms with E-state index >= 15 is 0 Å². The van der Waals surface area contributed by atoms with E-state index in [1.165, 1.54) is 21.1 Å². The van der Waals surface area contributed by atoms with Gasteiger partial charge in [-0.05, 0) is 29.8 Å². The zero-order valence-corrected chi connectivity index (χ0v) is 12.2. The van der Waals surface area contributed by atoms with Gasteiger partial charge in [-0.3, -0.25) is 0 Å². The average molecular weight is 293 g/mol. The molecule has 1 aliphatic heterocycles. The molecule has 0 N–H and O–H groups in total. The lowest BCUT2D eigenvalue weighted by atomic mass is 10.0. The number of fused-ring (bicyclic) bond motifs is 1. The molecule has 0 bridgehead atoms. The van der Waals surface area contributed by atoms with Crippen LogP contribution >= 0.6 is 35.1 Å². The van der Waals surface area contributed by atoms with E-state index in [0.717, 1.165) is 10.8 Å². The Morgan fingerprint density at radius 2 is 2.06 bits per heavy atom. The SMILES string of the molecule is Clc1cccc(SCC2CSc3ccccc32)c1. The summed E-state index contributed by atoms with van der Waals surface area (Å²) in [5.74, 6) is 2.99. The van der Waals surface area contributed by atoms with Gasteiger partial charge in [0.05, 0.1) is 0 Å². The fourth-order valence-corrected chi connectivity index (χ4v) is 4.86. The largest absolute Gasteiger partial charge is 0.125 e. The molecule has 18 heavy (non-hydrogen) atoms. The lowest BCUT2D eigenvalue weighted by Gasteiger charge is -2.10. The smallest absolute Gasteiger partial charge is 0.0417 e. The summed E-state index contributed by atoms with van der Waals surface area (Å²) in [6.45, 7) is 0. The third-order valence-electron chi connectivity index (χ3n) is 3.05. The summed E-state index contributed by atoms with van der Waals surface area (Å²) < 4.78 is 0. The highest BCUT2D eigenvalue weighted by Gasteiger charge is 2.22. The predicted octanol–water partition coefficient (Wildman–Crippen LogP) is 5.32. The van der Waals surface area contributed by atoms with Crippen molar-refractivity contribution in [3.63, 3.8) is 0 Å². The molecule has 92 valence electrons. The summed E-state index contributed by atoms with van der Waals surface area (Å²) in [4.78, 5) is 2.71. The summed E-state index contributed by atoms with van der Waals surface area (Å²) in [6.07, 6.45) is 0. The van der Waals surface area contributed by atoms with Crippen LogP contribution in [0.25, 0.3) is 0 Å². The zero-order chi connectivity index (χ0) is 12.4. The van der Waals surface area contributed by atoms with Crippen molar-refractivity contribution in [2.24, 2.45) is 0 Å². The summed E-state index contributed by atoms with van der Waals surface area (Å²) in [7, 11) is 0. The normalized spacial score (nSPS) is 17.7. The van der Waals surface area contributed by atoms with Gasteiger partial charge in [0.2, 0.25) is 0 Å². The van der Waals surface area contributed by atoms with Gasteiger partial charge in [-0.1, -0.05) is 35.9 Å². The Hall–Kier alpha value is -0.570. The molecular weight excluding hydrogens is 280 g/mol. The van der Waals surface area contributed by atoms with Crippen LogP contribution < -0.4 is 0 Å². The van der Waals surface area contributed by atoms with Crippen molar-refractivity contribution >= 4 is 35.1 Å². The molecule has 3 heteroatoms. The maximum atomic E-state index is 6.00. The third kappa shape index (κ3) is 2.71. The van der Waals surface area contributed by atoms with E-state index in [9.17, 15) is 0 Å². The van der Waals surface area contributed by atoms with Crippen molar-refractivity contribution < 1.29 is 0 Å². The second-order valence-electron chi connectivity index (χ2n) is 4.31. The van der Waals surface area contributed by atoms with E-state index in [0.29, 0.717) is 5.92 Å². The second kappa shape index (κ2) is 5.60. The molecule has 0 spiro atoms. The number of hydrogen-bond acceptors (Lipinski definition) is 2. The van der Waals surface area contributed by atoms with Crippen LogP contribution in [0, 0.1) is 0 Å². The van der Waals surface area contributed by atoms with Gasteiger partial charge in [0, 0.05) is 32.2 Å². The Kier molecular flexibility index (Phi) is 3.88. The van der Waals surface area contributed by atoms with Gasteiger partial charge in [-0.2, -0.15) is 0 Å². The molecule has 0 amide bonds. The molecule has 1 aliphatic rings. The minimum atomic E-state index is 0.662. The first-order valence-electron chi connectivity index (χ1n) is 5.93. The molecule has 0 nitrogen and oxygen atoms in total. The Morgan fingerprint density at radius 1 is 1.17 bits per heavy atom. The van der Waals surface area contributed by atoms with Gasteiger partial charge in [0.1, 0.15) is 0 Å². The minimum Gasteiger partial charge on any atom is -0.125 e. The molecule has 0 aromatic heterocycles. The quantitative estimate of drug-likeness (QED) is 0.702. The molecule has 1 unspecified atom stereocenters. The van der Waals surface area contributed by atoms with Crippen molar-refractivity contribution in [1.82, 2.24) is 0 Å². The average Bonchev–Trinajstić information content (AvgIpc) is 2.80. The Morgan fingerprint density at radius 3 is 2.94 bits per heavy atom. The molecule has 0 saturated heterocycles. The Bertz CT molecular complexity index is 554. The summed E-state index contributed by atoms with van der Waals surface area (Å²) in [5, 5.41) is 0.821.